The van der Waals surface area contributed by atoms with Gasteiger partial charge in [-0.2, -0.15) is 0 Å². The lowest BCUT2D eigenvalue weighted by atomic mass is 10.2. The van der Waals surface area contributed by atoms with E-state index < -0.39 is 11.6 Å². The SMILES string of the molecule is Fc1ccc(CNCc2cc(Cl)cc(Cl)c2)cc1F. The summed E-state index contributed by atoms with van der Waals surface area (Å²) in [6, 6.07) is 9.07. The number of rotatable bonds is 4. The van der Waals surface area contributed by atoms with Gasteiger partial charge in [-0.3, -0.25) is 0 Å². The van der Waals surface area contributed by atoms with Gasteiger partial charge in [0.25, 0.3) is 0 Å². The zero-order valence-corrected chi connectivity index (χ0v) is 11.4. The molecule has 0 aliphatic carbocycles. The molecule has 2 aromatic carbocycles. The molecule has 5 heteroatoms. The van der Waals surface area contributed by atoms with Crippen molar-refractivity contribution in [2.75, 3.05) is 0 Å². The molecule has 0 saturated heterocycles. The van der Waals surface area contributed by atoms with Crippen molar-refractivity contribution in [1.29, 1.82) is 0 Å². The Balaban J connectivity index is 1.94. The molecule has 100 valence electrons. The van der Waals surface area contributed by atoms with Crippen LogP contribution in [-0.2, 0) is 13.1 Å². The Bertz CT molecular complexity index is 567. The normalized spacial score (nSPS) is 10.7. The molecule has 0 bridgehead atoms. The maximum absolute atomic E-state index is 13.0. The summed E-state index contributed by atoms with van der Waals surface area (Å²) in [5, 5.41) is 4.25. The van der Waals surface area contributed by atoms with Crippen LogP contribution in [0.1, 0.15) is 11.1 Å². The van der Waals surface area contributed by atoms with Gasteiger partial charge in [0.1, 0.15) is 0 Å². The molecule has 0 aliphatic heterocycles. The van der Waals surface area contributed by atoms with Crippen molar-refractivity contribution in [3.63, 3.8) is 0 Å². The first kappa shape index (κ1) is 14.3. The van der Waals surface area contributed by atoms with E-state index in [2.05, 4.69) is 5.32 Å². The van der Waals surface area contributed by atoms with E-state index in [0.717, 1.165) is 11.6 Å². The number of hydrogen-bond acceptors (Lipinski definition) is 1. The van der Waals surface area contributed by atoms with Gasteiger partial charge in [-0.05, 0) is 41.5 Å². The lowest BCUT2D eigenvalue weighted by molar-refractivity contribution is 0.506. The third kappa shape index (κ3) is 4.16. The molecule has 0 unspecified atom stereocenters. The fourth-order valence-corrected chi connectivity index (χ4v) is 2.29. The van der Waals surface area contributed by atoms with E-state index in [1.54, 1.807) is 18.2 Å². The van der Waals surface area contributed by atoms with Gasteiger partial charge in [-0.15, -0.1) is 0 Å². The molecular weight excluding hydrogens is 291 g/mol. The van der Waals surface area contributed by atoms with Crippen molar-refractivity contribution in [3.05, 3.63) is 69.2 Å². The lowest BCUT2D eigenvalue weighted by Gasteiger charge is -2.06. The zero-order valence-electron chi connectivity index (χ0n) is 9.89. The molecule has 0 aromatic heterocycles. The summed E-state index contributed by atoms with van der Waals surface area (Å²) < 4.78 is 25.7. The Hall–Kier alpha value is -1.16. The first-order valence-electron chi connectivity index (χ1n) is 5.64. The smallest absolute Gasteiger partial charge is 0.159 e. The van der Waals surface area contributed by atoms with Gasteiger partial charge in [0.2, 0.25) is 0 Å². The molecule has 2 rings (SSSR count). The van der Waals surface area contributed by atoms with Crippen molar-refractivity contribution in [3.8, 4) is 0 Å². The first-order valence-corrected chi connectivity index (χ1v) is 6.40. The van der Waals surface area contributed by atoms with Crippen molar-refractivity contribution in [2.45, 2.75) is 13.1 Å². The van der Waals surface area contributed by atoms with Crippen molar-refractivity contribution < 1.29 is 8.78 Å². The highest BCUT2D eigenvalue weighted by atomic mass is 35.5. The van der Waals surface area contributed by atoms with Crippen LogP contribution in [0.25, 0.3) is 0 Å². The van der Waals surface area contributed by atoms with Crippen LogP contribution in [0.5, 0.6) is 0 Å². The number of nitrogens with one attached hydrogen (secondary N) is 1. The fourth-order valence-electron chi connectivity index (χ4n) is 1.71. The minimum absolute atomic E-state index is 0.432. The second-order valence-corrected chi connectivity index (χ2v) is 5.00. The minimum atomic E-state index is -0.842. The number of benzene rings is 2. The van der Waals surface area contributed by atoms with E-state index in [1.165, 1.54) is 12.1 Å². The molecule has 0 aliphatic rings. The molecule has 2 aromatic rings. The van der Waals surface area contributed by atoms with Crippen LogP contribution in [0.2, 0.25) is 10.0 Å². The molecule has 0 heterocycles. The monoisotopic (exact) mass is 301 g/mol. The van der Waals surface area contributed by atoms with E-state index in [9.17, 15) is 8.78 Å². The Morgan fingerprint density at radius 1 is 0.789 bits per heavy atom. The molecule has 0 spiro atoms. The highest BCUT2D eigenvalue weighted by Crippen LogP contribution is 2.19. The molecule has 0 amide bonds. The van der Waals surface area contributed by atoms with Gasteiger partial charge >= 0.3 is 0 Å². The van der Waals surface area contributed by atoms with Crippen LogP contribution in [0, 0.1) is 11.6 Å². The van der Waals surface area contributed by atoms with Crippen molar-refractivity contribution in [1.82, 2.24) is 5.32 Å². The first-order chi connectivity index (χ1) is 9.04. The highest BCUT2D eigenvalue weighted by Gasteiger charge is 2.03. The second kappa shape index (κ2) is 6.33. The lowest BCUT2D eigenvalue weighted by Crippen LogP contribution is -2.13. The summed E-state index contributed by atoms with van der Waals surface area (Å²) in [6.45, 7) is 0.973. The van der Waals surface area contributed by atoms with E-state index in [1.807, 2.05) is 0 Å². The molecular formula is C14H11Cl2F2N. The average molecular weight is 302 g/mol. The number of halogens is 4. The molecule has 1 N–H and O–H groups in total. The summed E-state index contributed by atoms with van der Waals surface area (Å²) in [5.74, 6) is -1.68. The van der Waals surface area contributed by atoms with Crippen molar-refractivity contribution in [2.24, 2.45) is 0 Å². The van der Waals surface area contributed by atoms with E-state index >= 15 is 0 Å². The maximum atomic E-state index is 13.0. The van der Waals surface area contributed by atoms with Gasteiger partial charge < -0.3 is 5.32 Å². The Morgan fingerprint density at radius 2 is 1.42 bits per heavy atom. The van der Waals surface area contributed by atoms with E-state index in [4.69, 9.17) is 23.2 Å². The van der Waals surface area contributed by atoms with Gasteiger partial charge in [0.15, 0.2) is 11.6 Å². The molecule has 0 radical (unpaired) electrons. The van der Waals surface area contributed by atoms with Crippen LogP contribution >= 0.6 is 23.2 Å². The summed E-state index contributed by atoms with van der Waals surface area (Å²) in [7, 11) is 0. The number of hydrogen-bond donors (Lipinski definition) is 1. The largest absolute Gasteiger partial charge is 0.309 e. The molecule has 0 fully saturated rings. The summed E-state index contributed by atoms with van der Waals surface area (Å²) in [5.41, 5.74) is 1.60. The predicted octanol–water partition coefficient (Wildman–Crippen LogP) is 4.56. The van der Waals surface area contributed by atoms with Crippen LogP contribution < -0.4 is 5.32 Å². The maximum Gasteiger partial charge on any atom is 0.159 e. The predicted molar refractivity (Wildman–Crippen MR) is 73.4 cm³/mol. The molecule has 0 saturated carbocycles. The zero-order chi connectivity index (χ0) is 13.8. The molecule has 0 atom stereocenters. The Kier molecular flexibility index (Phi) is 4.75. The topological polar surface area (TPSA) is 12.0 Å². The van der Waals surface area contributed by atoms with Crippen LogP contribution in [0.4, 0.5) is 8.78 Å². The van der Waals surface area contributed by atoms with Crippen LogP contribution in [0.3, 0.4) is 0 Å². The summed E-state index contributed by atoms with van der Waals surface area (Å²) in [4.78, 5) is 0. The van der Waals surface area contributed by atoms with E-state index in [-0.39, 0.29) is 0 Å². The van der Waals surface area contributed by atoms with Gasteiger partial charge in [-0.1, -0.05) is 29.3 Å². The minimum Gasteiger partial charge on any atom is -0.309 e. The quantitative estimate of drug-likeness (QED) is 0.873. The van der Waals surface area contributed by atoms with Crippen LogP contribution in [-0.4, -0.2) is 0 Å². The third-order valence-corrected chi connectivity index (χ3v) is 3.00. The van der Waals surface area contributed by atoms with E-state index in [0.29, 0.717) is 28.7 Å². The van der Waals surface area contributed by atoms with Gasteiger partial charge in [0, 0.05) is 23.1 Å². The Labute approximate surface area is 120 Å². The molecule has 19 heavy (non-hydrogen) atoms. The Morgan fingerprint density at radius 3 is 2.05 bits per heavy atom. The third-order valence-electron chi connectivity index (χ3n) is 2.56. The fraction of sp³-hybridized carbons (Fsp3) is 0.143. The van der Waals surface area contributed by atoms with Crippen LogP contribution in [0.15, 0.2) is 36.4 Å². The standard InChI is InChI=1S/C14H11Cl2F2N/c15-11-3-10(4-12(16)6-11)8-19-7-9-1-2-13(17)14(18)5-9/h1-6,19H,7-8H2. The van der Waals surface area contributed by atoms with Gasteiger partial charge in [-0.25, -0.2) is 8.78 Å². The summed E-state index contributed by atoms with van der Waals surface area (Å²) >= 11 is 11.8. The highest BCUT2D eigenvalue weighted by molar-refractivity contribution is 6.34. The van der Waals surface area contributed by atoms with Crippen molar-refractivity contribution >= 4 is 23.2 Å². The van der Waals surface area contributed by atoms with Gasteiger partial charge in [0.05, 0.1) is 0 Å². The summed E-state index contributed by atoms with van der Waals surface area (Å²) in [6.07, 6.45) is 0. The second-order valence-electron chi connectivity index (χ2n) is 4.13. The average Bonchev–Trinajstić information content (AvgIpc) is 2.32. The molecule has 1 nitrogen and oxygen atoms in total.